The Morgan fingerprint density at radius 1 is 0.337 bits per heavy atom. The summed E-state index contributed by atoms with van der Waals surface area (Å²) in [5, 5.41) is 23.4. The van der Waals surface area contributed by atoms with Crippen LogP contribution in [-0.2, 0) is 14.3 Å². The zero-order valence-electron chi connectivity index (χ0n) is 56.2. The molecule has 0 saturated heterocycles. The van der Waals surface area contributed by atoms with Crippen molar-refractivity contribution in [1.82, 2.24) is 5.32 Å². The van der Waals surface area contributed by atoms with Crippen molar-refractivity contribution < 1.29 is 24.5 Å². The van der Waals surface area contributed by atoms with Crippen LogP contribution in [-0.4, -0.2) is 47.4 Å². The van der Waals surface area contributed by atoms with Crippen molar-refractivity contribution in [3.8, 4) is 0 Å². The predicted molar refractivity (Wildman–Crippen MR) is 366 cm³/mol. The van der Waals surface area contributed by atoms with Gasteiger partial charge in [-0.15, -0.1) is 0 Å². The van der Waals surface area contributed by atoms with Crippen LogP contribution in [0.15, 0.2) is 36.5 Å². The largest absolute Gasteiger partial charge is 0.466 e. The molecule has 0 rings (SSSR count). The second kappa shape index (κ2) is 72.6. The molecule has 0 radical (unpaired) electrons. The molecule has 0 aromatic carbocycles. The molecule has 2 atom stereocenters. The van der Waals surface area contributed by atoms with Crippen LogP contribution in [0.25, 0.3) is 0 Å². The molecule has 1 amide bonds. The fourth-order valence-electron chi connectivity index (χ4n) is 11.9. The molecular formula is C77H147NO5. The Hall–Kier alpha value is -1.92. The molecule has 0 aliphatic heterocycles. The zero-order valence-corrected chi connectivity index (χ0v) is 56.2. The fourth-order valence-corrected chi connectivity index (χ4v) is 11.9. The Labute approximate surface area is 519 Å². The lowest BCUT2D eigenvalue weighted by Crippen LogP contribution is -2.45. The maximum absolute atomic E-state index is 12.5. The number of ether oxygens (including phenoxy) is 1. The van der Waals surface area contributed by atoms with Gasteiger partial charge in [0.25, 0.3) is 0 Å². The first kappa shape index (κ1) is 81.1. The van der Waals surface area contributed by atoms with Crippen molar-refractivity contribution in [3.05, 3.63) is 36.5 Å². The quantitative estimate of drug-likeness (QED) is 0.0320. The first-order valence-electron chi connectivity index (χ1n) is 37.7. The standard InChI is InChI=1S/C77H147NO5/c1-3-5-7-9-11-13-15-17-19-20-36-39-42-45-49-53-57-61-65-69-75(80)74(73-79)78-76(81)70-66-62-58-54-50-46-43-40-37-34-32-30-28-26-24-22-21-23-25-27-29-31-33-35-38-41-44-48-52-56-60-64-68-72-83-77(82)71-67-63-59-55-51-47-18-16-14-12-10-8-6-4-2/h10,12,16,18,25,27,74-75,79-80H,3-9,11,13-15,17,19-24,26,28-73H2,1-2H3,(H,78,81)/b12-10-,18-16-,27-25-. The van der Waals surface area contributed by atoms with Crippen LogP contribution < -0.4 is 5.32 Å². The molecule has 0 aliphatic rings. The molecule has 6 heteroatoms. The van der Waals surface area contributed by atoms with Crippen LogP contribution in [0.3, 0.4) is 0 Å². The van der Waals surface area contributed by atoms with E-state index in [1.54, 1.807) is 0 Å². The first-order valence-corrected chi connectivity index (χ1v) is 37.7. The normalized spacial score (nSPS) is 12.7. The van der Waals surface area contributed by atoms with Crippen LogP contribution in [0.2, 0.25) is 0 Å². The average Bonchev–Trinajstić information content (AvgIpc) is 3.48. The molecule has 6 nitrogen and oxygen atoms in total. The van der Waals surface area contributed by atoms with Gasteiger partial charge in [0.05, 0.1) is 25.4 Å². The van der Waals surface area contributed by atoms with Gasteiger partial charge in [0.2, 0.25) is 5.91 Å². The molecule has 0 aromatic rings. The molecule has 0 bridgehead atoms. The summed E-state index contributed by atoms with van der Waals surface area (Å²) in [5.74, 6) is -0.0232. The van der Waals surface area contributed by atoms with E-state index in [4.69, 9.17) is 4.74 Å². The predicted octanol–water partition coefficient (Wildman–Crippen LogP) is 24.7. The number of carbonyl (C=O) groups is 2. The highest BCUT2D eigenvalue weighted by molar-refractivity contribution is 5.76. The van der Waals surface area contributed by atoms with E-state index < -0.39 is 12.1 Å². The van der Waals surface area contributed by atoms with Crippen LogP contribution in [0.5, 0.6) is 0 Å². The van der Waals surface area contributed by atoms with Crippen molar-refractivity contribution in [2.75, 3.05) is 13.2 Å². The van der Waals surface area contributed by atoms with E-state index in [1.807, 2.05) is 0 Å². The molecular weight excluding hydrogens is 1020 g/mol. The molecule has 2 unspecified atom stereocenters. The van der Waals surface area contributed by atoms with Gasteiger partial charge in [0.1, 0.15) is 0 Å². The number of carbonyl (C=O) groups excluding carboxylic acids is 2. The Balaban J connectivity index is 3.35. The molecule has 0 spiro atoms. The van der Waals surface area contributed by atoms with Crippen molar-refractivity contribution in [3.63, 3.8) is 0 Å². The fraction of sp³-hybridized carbons (Fsp3) is 0.896. The molecule has 0 aromatic heterocycles. The van der Waals surface area contributed by atoms with Crippen molar-refractivity contribution in [2.45, 2.75) is 431 Å². The van der Waals surface area contributed by atoms with Gasteiger partial charge in [-0.1, -0.05) is 365 Å². The average molecular weight is 1170 g/mol. The molecule has 3 N–H and O–H groups in total. The molecule has 490 valence electrons. The summed E-state index contributed by atoms with van der Waals surface area (Å²) in [5.41, 5.74) is 0. The number of rotatable bonds is 71. The minimum atomic E-state index is -0.663. The summed E-state index contributed by atoms with van der Waals surface area (Å²) < 4.78 is 5.48. The summed E-state index contributed by atoms with van der Waals surface area (Å²) in [7, 11) is 0. The van der Waals surface area contributed by atoms with Crippen molar-refractivity contribution in [2.24, 2.45) is 0 Å². The lowest BCUT2D eigenvalue weighted by molar-refractivity contribution is -0.143. The lowest BCUT2D eigenvalue weighted by atomic mass is 10.0. The third kappa shape index (κ3) is 69.1. The van der Waals surface area contributed by atoms with Gasteiger partial charge in [-0.25, -0.2) is 0 Å². The maximum Gasteiger partial charge on any atom is 0.305 e. The highest BCUT2D eigenvalue weighted by Gasteiger charge is 2.20. The Morgan fingerprint density at radius 2 is 0.614 bits per heavy atom. The third-order valence-electron chi connectivity index (χ3n) is 17.7. The van der Waals surface area contributed by atoms with E-state index in [-0.39, 0.29) is 18.5 Å². The Morgan fingerprint density at radius 3 is 0.964 bits per heavy atom. The van der Waals surface area contributed by atoms with Gasteiger partial charge in [-0.3, -0.25) is 9.59 Å². The lowest BCUT2D eigenvalue weighted by Gasteiger charge is -2.22. The molecule has 0 fully saturated rings. The number of aliphatic hydroxyl groups is 2. The topological polar surface area (TPSA) is 95.9 Å². The number of aliphatic hydroxyl groups excluding tert-OH is 2. The summed E-state index contributed by atoms with van der Waals surface area (Å²) in [4.78, 5) is 24.6. The van der Waals surface area contributed by atoms with E-state index in [1.165, 1.54) is 334 Å². The van der Waals surface area contributed by atoms with Gasteiger partial charge < -0.3 is 20.3 Å². The monoisotopic (exact) mass is 1170 g/mol. The molecule has 0 aliphatic carbocycles. The number of allylic oxidation sites excluding steroid dienone is 6. The smallest absolute Gasteiger partial charge is 0.305 e. The van der Waals surface area contributed by atoms with Crippen LogP contribution in [0.1, 0.15) is 418 Å². The number of amides is 1. The molecule has 0 saturated carbocycles. The van der Waals surface area contributed by atoms with Gasteiger partial charge in [0.15, 0.2) is 0 Å². The molecule has 83 heavy (non-hydrogen) atoms. The van der Waals surface area contributed by atoms with E-state index >= 15 is 0 Å². The summed E-state index contributed by atoms with van der Waals surface area (Å²) in [6.07, 6.45) is 93.6. The SMILES string of the molecule is CCCC/C=C\C/C=C\CCCCCCCC(=O)OCCCCCCCCCCCCCC/C=C\CCCCCCCCCCCCCCCCCCCC(=O)NC(CO)C(O)CCCCCCCCCCCCCCCCCCCCC. The minimum absolute atomic E-state index is 0.00450. The van der Waals surface area contributed by atoms with Crippen LogP contribution in [0, 0.1) is 0 Å². The first-order chi connectivity index (χ1) is 41.0. The van der Waals surface area contributed by atoms with Crippen molar-refractivity contribution in [1.29, 1.82) is 0 Å². The van der Waals surface area contributed by atoms with Gasteiger partial charge >= 0.3 is 5.97 Å². The minimum Gasteiger partial charge on any atom is -0.466 e. The Bertz CT molecular complexity index is 1340. The highest BCUT2D eigenvalue weighted by Crippen LogP contribution is 2.19. The number of unbranched alkanes of at least 4 members (excludes halogenated alkanes) is 54. The maximum atomic E-state index is 12.5. The second-order valence-corrected chi connectivity index (χ2v) is 26.0. The zero-order chi connectivity index (χ0) is 59.9. The summed E-state index contributed by atoms with van der Waals surface area (Å²) in [6.45, 7) is 4.95. The Kier molecular flexibility index (Phi) is 70.9. The van der Waals surface area contributed by atoms with E-state index in [9.17, 15) is 19.8 Å². The number of nitrogens with one attached hydrogen (secondary N) is 1. The second-order valence-electron chi connectivity index (χ2n) is 26.0. The van der Waals surface area contributed by atoms with Gasteiger partial charge in [-0.2, -0.15) is 0 Å². The van der Waals surface area contributed by atoms with E-state index in [0.717, 1.165) is 51.4 Å². The number of hydrogen-bond acceptors (Lipinski definition) is 5. The van der Waals surface area contributed by atoms with Crippen LogP contribution >= 0.6 is 0 Å². The summed E-state index contributed by atoms with van der Waals surface area (Å²) in [6, 6.07) is -0.540. The summed E-state index contributed by atoms with van der Waals surface area (Å²) >= 11 is 0. The van der Waals surface area contributed by atoms with Crippen molar-refractivity contribution >= 4 is 11.9 Å². The molecule has 0 heterocycles. The van der Waals surface area contributed by atoms with E-state index in [0.29, 0.717) is 25.9 Å². The number of esters is 1. The third-order valence-corrected chi connectivity index (χ3v) is 17.7. The van der Waals surface area contributed by atoms with Crippen LogP contribution in [0.4, 0.5) is 0 Å². The number of hydrogen-bond donors (Lipinski definition) is 3. The van der Waals surface area contributed by atoms with Gasteiger partial charge in [-0.05, 0) is 77.0 Å². The van der Waals surface area contributed by atoms with Gasteiger partial charge in [0, 0.05) is 12.8 Å². The highest BCUT2D eigenvalue weighted by atomic mass is 16.5. The van der Waals surface area contributed by atoms with E-state index in [2.05, 4.69) is 55.6 Å².